The zero-order valence-electron chi connectivity index (χ0n) is 9.01. The van der Waals surface area contributed by atoms with Crippen LogP contribution in [0.25, 0.3) is 0 Å². The lowest BCUT2D eigenvalue weighted by molar-refractivity contribution is 0.110. The lowest BCUT2D eigenvalue weighted by Gasteiger charge is -2.10. The van der Waals surface area contributed by atoms with Crippen molar-refractivity contribution < 1.29 is 9.13 Å². The van der Waals surface area contributed by atoms with Crippen molar-refractivity contribution in [2.24, 2.45) is 0 Å². The Bertz CT molecular complexity index is 353. The van der Waals surface area contributed by atoms with Crippen LogP contribution < -0.4 is 5.32 Å². The van der Waals surface area contributed by atoms with E-state index < -0.39 is 0 Å². The highest BCUT2D eigenvalue weighted by Gasteiger charge is 2.14. The van der Waals surface area contributed by atoms with Gasteiger partial charge in [0.25, 0.3) is 0 Å². The van der Waals surface area contributed by atoms with Crippen molar-refractivity contribution in [3.63, 3.8) is 0 Å². The minimum atomic E-state index is -0.220. The fourth-order valence-electron chi connectivity index (χ4n) is 1.83. The Morgan fingerprint density at radius 3 is 3.06 bits per heavy atom. The van der Waals surface area contributed by atoms with E-state index in [-0.39, 0.29) is 5.82 Å². The van der Waals surface area contributed by atoms with Crippen LogP contribution in [0.1, 0.15) is 18.4 Å². The second-order valence-electron chi connectivity index (χ2n) is 4.01. The van der Waals surface area contributed by atoms with E-state index in [2.05, 4.69) is 21.2 Å². The summed E-state index contributed by atoms with van der Waals surface area (Å²) in [6.07, 6.45) is 2.65. The van der Waals surface area contributed by atoms with E-state index in [1.165, 1.54) is 6.07 Å². The second-order valence-corrected chi connectivity index (χ2v) is 4.87. The van der Waals surface area contributed by atoms with Crippen LogP contribution in [-0.2, 0) is 11.3 Å². The van der Waals surface area contributed by atoms with Crippen LogP contribution in [-0.4, -0.2) is 19.3 Å². The molecule has 0 amide bonds. The molecule has 1 unspecified atom stereocenters. The van der Waals surface area contributed by atoms with Crippen LogP contribution in [0.5, 0.6) is 0 Å². The molecule has 0 aliphatic carbocycles. The molecule has 2 nitrogen and oxygen atoms in total. The highest BCUT2D eigenvalue weighted by atomic mass is 79.9. The van der Waals surface area contributed by atoms with Crippen molar-refractivity contribution >= 4 is 15.9 Å². The van der Waals surface area contributed by atoms with Gasteiger partial charge in [0.05, 0.1) is 10.6 Å². The third-order valence-corrected chi connectivity index (χ3v) is 3.32. The third kappa shape index (κ3) is 3.27. The summed E-state index contributed by atoms with van der Waals surface area (Å²) in [5.41, 5.74) is 1.08. The van der Waals surface area contributed by atoms with Crippen molar-refractivity contribution in [2.75, 3.05) is 13.2 Å². The van der Waals surface area contributed by atoms with Crippen LogP contribution in [0.2, 0.25) is 0 Å². The van der Waals surface area contributed by atoms with Crippen molar-refractivity contribution in [1.29, 1.82) is 0 Å². The SMILES string of the molecule is Fc1ccc(CNCC2CCCO2)cc1Br. The molecule has 88 valence electrons. The van der Waals surface area contributed by atoms with E-state index in [1.807, 2.05) is 0 Å². The summed E-state index contributed by atoms with van der Waals surface area (Å²) in [4.78, 5) is 0. The summed E-state index contributed by atoms with van der Waals surface area (Å²) in [6.45, 7) is 2.50. The van der Waals surface area contributed by atoms with Crippen LogP contribution in [0.3, 0.4) is 0 Å². The third-order valence-electron chi connectivity index (χ3n) is 2.71. The molecule has 1 aromatic carbocycles. The largest absolute Gasteiger partial charge is 0.377 e. The van der Waals surface area contributed by atoms with E-state index in [0.29, 0.717) is 10.6 Å². The lowest BCUT2D eigenvalue weighted by Crippen LogP contribution is -2.25. The summed E-state index contributed by atoms with van der Waals surface area (Å²) in [5, 5.41) is 3.32. The molecule has 0 aromatic heterocycles. The molecule has 1 aliphatic rings. The summed E-state index contributed by atoms with van der Waals surface area (Å²) < 4.78 is 19.0. The minimum absolute atomic E-state index is 0.220. The molecule has 0 bridgehead atoms. The van der Waals surface area contributed by atoms with Crippen molar-refractivity contribution in [2.45, 2.75) is 25.5 Å². The van der Waals surface area contributed by atoms with Crippen LogP contribution in [0, 0.1) is 5.82 Å². The Hall–Kier alpha value is -0.450. The Morgan fingerprint density at radius 2 is 2.38 bits per heavy atom. The molecule has 1 atom stereocenters. The fourth-order valence-corrected chi connectivity index (χ4v) is 2.26. The van der Waals surface area contributed by atoms with E-state index in [0.717, 1.165) is 38.1 Å². The summed E-state index contributed by atoms with van der Waals surface area (Å²) >= 11 is 3.18. The topological polar surface area (TPSA) is 21.3 Å². The molecule has 0 radical (unpaired) electrons. The van der Waals surface area contributed by atoms with Gasteiger partial charge in [0.2, 0.25) is 0 Å². The highest BCUT2D eigenvalue weighted by molar-refractivity contribution is 9.10. The normalized spacial score (nSPS) is 20.2. The first-order valence-corrected chi connectivity index (χ1v) is 6.31. The van der Waals surface area contributed by atoms with Crippen molar-refractivity contribution in [1.82, 2.24) is 5.32 Å². The van der Waals surface area contributed by atoms with Gasteiger partial charge in [-0.3, -0.25) is 0 Å². The molecule has 4 heteroatoms. The van der Waals surface area contributed by atoms with Gasteiger partial charge in [-0.25, -0.2) is 4.39 Å². The molecule has 1 saturated heterocycles. The van der Waals surface area contributed by atoms with Gasteiger partial charge in [0, 0.05) is 19.7 Å². The summed E-state index contributed by atoms with van der Waals surface area (Å²) in [7, 11) is 0. The average Bonchev–Trinajstić information content (AvgIpc) is 2.76. The Kier molecular flexibility index (Phi) is 4.32. The van der Waals surface area contributed by atoms with Gasteiger partial charge in [0.1, 0.15) is 5.82 Å². The van der Waals surface area contributed by atoms with Gasteiger partial charge in [-0.1, -0.05) is 6.07 Å². The number of rotatable bonds is 4. The molecule has 0 spiro atoms. The van der Waals surface area contributed by atoms with Crippen molar-refractivity contribution in [3.05, 3.63) is 34.1 Å². The zero-order valence-corrected chi connectivity index (χ0v) is 10.6. The number of ether oxygens (including phenoxy) is 1. The molecule has 1 fully saturated rings. The first-order chi connectivity index (χ1) is 7.75. The van der Waals surface area contributed by atoms with Crippen LogP contribution >= 0.6 is 15.9 Å². The van der Waals surface area contributed by atoms with E-state index >= 15 is 0 Å². The molecule has 1 aromatic rings. The first kappa shape index (κ1) is 12.0. The molecule has 1 heterocycles. The fraction of sp³-hybridized carbons (Fsp3) is 0.500. The second kappa shape index (κ2) is 5.75. The number of hydrogen-bond acceptors (Lipinski definition) is 2. The molecule has 1 N–H and O–H groups in total. The Labute approximate surface area is 103 Å². The lowest BCUT2D eigenvalue weighted by atomic mass is 10.2. The molecule has 0 saturated carbocycles. The Morgan fingerprint density at radius 1 is 1.50 bits per heavy atom. The minimum Gasteiger partial charge on any atom is -0.377 e. The predicted octanol–water partition coefficient (Wildman–Crippen LogP) is 2.86. The van der Waals surface area contributed by atoms with Gasteiger partial charge < -0.3 is 10.1 Å². The maximum Gasteiger partial charge on any atom is 0.137 e. The smallest absolute Gasteiger partial charge is 0.137 e. The van der Waals surface area contributed by atoms with Gasteiger partial charge in [-0.2, -0.15) is 0 Å². The molecular formula is C12H15BrFNO. The standard InChI is InChI=1S/C12H15BrFNO/c13-11-6-9(3-4-12(11)14)7-15-8-10-2-1-5-16-10/h3-4,6,10,15H,1-2,5,7-8H2. The van der Waals surface area contributed by atoms with E-state index in [1.54, 1.807) is 12.1 Å². The van der Waals surface area contributed by atoms with Crippen molar-refractivity contribution in [3.8, 4) is 0 Å². The number of benzene rings is 1. The van der Waals surface area contributed by atoms with E-state index in [9.17, 15) is 4.39 Å². The highest BCUT2D eigenvalue weighted by Crippen LogP contribution is 2.17. The number of hydrogen-bond donors (Lipinski definition) is 1. The molecule has 16 heavy (non-hydrogen) atoms. The van der Waals surface area contributed by atoms with Crippen LogP contribution in [0.15, 0.2) is 22.7 Å². The molecular weight excluding hydrogens is 273 g/mol. The maximum atomic E-state index is 13.0. The maximum absolute atomic E-state index is 13.0. The number of halogens is 2. The summed E-state index contributed by atoms with van der Waals surface area (Å²) in [6, 6.07) is 5.08. The van der Waals surface area contributed by atoms with Gasteiger partial charge in [-0.15, -0.1) is 0 Å². The average molecular weight is 288 g/mol. The Balaban J connectivity index is 1.78. The molecule has 2 rings (SSSR count). The van der Waals surface area contributed by atoms with Crippen LogP contribution in [0.4, 0.5) is 4.39 Å². The number of nitrogens with one attached hydrogen (secondary N) is 1. The van der Waals surface area contributed by atoms with Gasteiger partial charge in [0.15, 0.2) is 0 Å². The molecule has 1 aliphatic heterocycles. The van der Waals surface area contributed by atoms with E-state index in [4.69, 9.17) is 4.74 Å². The first-order valence-electron chi connectivity index (χ1n) is 5.52. The van der Waals surface area contributed by atoms with Gasteiger partial charge in [-0.05, 0) is 46.5 Å². The monoisotopic (exact) mass is 287 g/mol. The predicted molar refractivity (Wildman–Crippen MR) is 64.8 cm³/mol. The zero-order chi connectivity index (χ0) is 11.4. The van der Waals surface area contributed by atoms with Gasteiger partial charge >= 0.3 is 0 Å². The quantitative estimate of drug-likeness (QED) is 0.920. The summed E-state index contributed by atoms with van der Waals surface area (Å²) in [5.74, 6) is -0.220.